The summed E-state index contributed by atoms with van der Waals surface area (Å²) < 4.78 is 0. The largest absolute Gasteiger partial charge is 0.508 e. The summed E-state index contributed by atoms with van der Waals surface area (Å²) in [6.07, 6.45) is -0.0997. The van der Waals surface area contributed by atoms with E-state index in [-0.39, 0.29) is 17.6 Å². The third kappa shape index (κ3) is 3.71. The van der Waals surface area contributed by atoms with Crippen LogP contribution >= 0.6 is 0 Å². The molecule has 104 valence electrons. The van der Waals surface area contributed by atoms with E-state index in [0.29, 0.717) is 5.56 Å². The molecule has 5 nitrogen and oxygen atoms in total. The molecule has 0 radical (unpaired) electrons. The van der Waals surface area contributed by atoms with Gasteiger partial charge in [-0.15, -0.1) is 0 Å². The first-order valence-electron chi connectivity index (χ1n) is 5.91. The molecule has 1 rings (SSSR count). The van der Waals surface area contributed by atoms with Crippen LogP contribution in [0.5, 0.6) is 5.75 Å². The zero-order valence-corrected chi connectivity index (χ0v) is 11.2. The maximum atomic E-state index is 10.9. The molecule has 19 heavy (non-hydrogen) atoms. The second-order valence-electron chi connectivity index (χ2n) is 5.52. The van der Waals surface area contributed by atoms with E-state index in [1.807, 2.05) is 20.8 Å². The predicted octanol–water partition coefficient (Wildman–Crippen LogP) is 2.02. The van der Waals surface area contributed by atoms with E-state index in [4.69, 9.17) is 10.2 Å². The molecule has 0 unspecified atom stereocenters. The molecule has 0 aliphatic rings. The van der Waals surface area contributed by atoms with Crippen LogP contribution < -0.4 is 0 Å². The standard InChI is InChI=1S/C14H18O5/c1-14(2,3)11-7-9(15)5-4-8(11)6-10(12(16)17)13(18)19/h4-5,7,10,15H,6H2,1-3H3,(H,16,17)(H,18,19). The van der Waals surface area contributed by atoms with Crippen LogP contribution in [0.15, 0.2) is 18.2 Å². The molecule has 0 aliphatic heterocycles. The Hall–Kier alpha value is -2.04. The monoisotopic (exact) mass is 266 g/mol. The van der Waals surface area contributed by atoms with E-state index in [1.54, 1.807) is 12.1 Å². The maximum Gasteiger partial charge on any atom is 0.318 e. The van der Waals surface area contributed by atoms with Crippen molar-refractivity contribution >= 4 is 11.9 Å². The smallest absolute Gasteiger partial charge is 0.318 e. The van der Waals surface area contributed by atoms with Crippen molar-refractivity contribution in [1.29, 1.82) is 0 Å². The Bertz CT molecular complexity index is 485. The van der Waals surface area contributed by atoms with E-state index in [2.05, 4.69) is 0 Å². The number of hydrogen-bond donors (Lipinski definition) is 3. The highest BCUT2D eigenvalue weighted by atomic mass is 16.4. The maximum absolute atomic E-state index is 10.9. The molecule has 3 N–H and O–H groups in total. The van der Waals surface area contributed by atoms with Gasteiger partial charge in [0, 0.05) is 0 Å². The summed E-state index contributed by atoms with van der Waals surface area (Å²) in [7, 11) is 0. The summed E-state index contributed by atoms with van der Waals surface area (Å²) in [5, 5.41) is 27.4. The first-order chi connectivity index (χ1) is 8.62. The molecule has 0 fully saturated rings. The van der Waals surface area contributed by atoms with Crippen LogP contribution in [-0.2, 0) is 21.4 Å². The highest BCUT2D eigenvalue weighted by Gasteiger charge is 2.28. The van der Waals surface area contributed by atoms with Gasteiger partial charge >= 0.3 is 11.9 Å². The van der Waals surface area contributed by atoms with Crippen molar-refractivity contribution in [3.8, 4) is 5.75 Å². The summed E-state index contributed by atoms with van der Waals surface area (Å²) in [5.41, 5.74) is 1.07. The molecule has 1 aromatic rings. The summed E-state index contributed by atoms with van der Waals surface area (Å²) in [4.78, 5) is 21.9. The zero-order valence-electron chi connectivity index (χ0n) is 11.2. The van der Waals surface area contributed by atoms with Crippen molar-refractivity contribution < 1.29 is 24.9 Å². The van der Waals surface area contributed by atoms with Gasteiger partial charge in [0.2, 0.25) is 0 Å². The molecule has 0 spiro atoms. The van der Waals surface area contributed by atoms with Crippen molar-refractivity contribution in [2.45, 2.75) is 32.6 Å². The number of benzene rings is 1. The lowest BCUT2D eigenvalue weighted by atomic mass is 9.81. The lowest BCUT2D eigenvalue weighted by molar-refractivity contribution is -0.154. The molecule has 0 saturated carbocycles. The third-order valence-electron chi connectivity index (χ3n) is 2.92. The molecule has 0 saturated heterocycles. The summed E-state index contributed by atoms with van der Waals surface area (Å²) in [5.74, 6) is -4.12. The molecule has 0 aliphatic carbocycles. The van der Waals surface area contributed by atoms with Gasteiger partial charge in [-0.05, 0) is 35.1 Å². The van der Waals surface area contributed by atoms with Crippen LogP contribution in [0.1, 0.15) is 31.9 Å². The fourth-order valence-electron chi connectivity index (χ4n) is 1.94. The number of carbonyl (C=O) groups is 2. The number of phenolic OH excluding ortho intramolecular Hbond substituents is 1. The van der Waals surface area contributed by atoms with Gasteiger partial charge in [-0.3, -0.25) is 9.59 Å². The minimum Gasteiger partial charge on any atom is -0.508 e. The van der Waals surface area contributed by atoms with Crippen molar-refractivity contribution in [3.63, 3.8) is 0 Å². The minimum absolute atomic E-state index is 0.0795. The highest BCUT2D eigenvalue weighted by molar-refractivity contribution is 5.93. The van der Waals surface area contributed by atoms with Gasteiger partial charge in [-0.2, -0.15) is 0 Å². The number of hydrogen-bond acceptors (Lipinski definition) is 3. The fourth-order valence-corrected chi connectivity index (χ4v) is 1.94. The van der Waals surface area contributed by atoms with Crippen LogP contribution in [0.4, 0.5) is 0 Å². The van der Waals surface area contributed by atoms with Crippen LogP contribution in [0.2, 0.25) is 0 Å². The lowest BCUT2D eigenvalue weighted by Gasteiger charge is -2.24. The summed E-state index contributed by atoms with van der Waals surface area (Å²) >= 11 is 0. The van der Waals surface area contributed by atoms with E-state index < -0.39 is 17.9 Å². The van der Waals surface area contributed by atoms with E-state index >= 15 is 0 Å². The fraction of sp³-hybridized carbons (Fsp3) is 0.429. The van der Waals surface area contributed by atoms with Gasteiger partial charge in [0.05, 0.1) is 0 Å². The van der Waals surface area contributed by atoms with Gasteiger partial charge in [0.25, 0.3) is 0 Å². The van der Waals surface area contributed by atoms with Crippen LogP contribution in [0.3, 0.4) is 0 Å². The molecule has 0 heterocycles. The Morgan fingerprint density at radius 1 is 1.16 bits per heavy atom. The first-order valence-corrected chi connectivity index (χ1v) is 5.91. The zero-order chi connectivity index (χ0) is 14.8. The SMILES string of the molecule is CC(C)(C)c1cc(O)ccc1CC(C(=O)O)C(=O)O. The number of carboxylic acid groups (broad SMARTS) is 2. The third-order valence-corrected chi connectivity index (χ3v) is 2.92. The summed E-state index contributed by atoms with van der Waals surface area (Å²) in [6.45, 7) is 5.76. The number of aromatic hydroxyl groups is 1. The summed E-state index contributed by atoms with van der Waals surface area (Å²) in [6, 6.07) is 4.57. The van der Waals surface area contributed by atoms with Gasteiger partial charge in [0.15, 0.2) is 5.92 Å². The van der Waals surface area contributed by atoms with E-state index in [9.17, 15) is 14.7 Å². The molecule has 0 bridgehead atoms. The Kier molecular flexibility index (Phi) is 4.19. The molecular weight excluding hydrogens is 248 g/mol. The second kappa shape index (κ2) is 5.30. The Morgan fingerprint density at radius 3 is 2.11 bits per heavy atom. The van der Waals surface area contributed by atoms with Gasteiger partial charge in [-0.25, -0.2) is 0 Å². The van der Waals surface area contributed by atoms with E-state index in [1.165, 1.54) is 6.07 Å². The quantitative estimate of drug-likeness (QED) is 0.725. The Balaban J connectivity index is 3.20. The highest BCUT2D eigenvalue weighted by Crippen LogP contribution is 2.30. The molecule has 5 heteroatoms. The second-order valence-corrected chi connectivity index (χ2v) is 5.52. The predicted molar refractivity (Wildman–Crippen MR) is 69.3 cm³/mol. The van der Waals surface area contributed by atoms with Crippen molar-refractivity contribution in [3.05, 3.63) is 29.3 Å². The number of phenols is 1. The van der Waals surface area contributed by atoms with Gasteiger partial charge in [-0.1, -0.05) is 26.8 Å². The van der Waals surface area contributed by atoms with Crippen molar-refractivity contribution in [1.82, 2.24) is 0 Å². The lowest BCUT2D eigenvalue weighted by Crippen LogP contribution is -2.27. The van der Waals surface area contributed by atoms with E-state index in [0.717, 1.165) is 5.56 Å². The number of rotatable bonds is 4. The molecule has 1 aromatic carbocycles. The molecular formula is C14H18O5. The molecule has 0 atom stereocenters. The first kappa shape index (κ1) is 15.0. The normalized spacial score (nSPS) is 11.6. The Morgan fingerprint density at radius 2 is 1.68 bits per heavy atom. The minimum atomic E-state index is -1.48. The number of aliphatic carboxylic acids is 2. The Labute approximate surface area is 111 Å². The average molecular weight is 266 g/mol. The van der Waals surface area contributed by atoms with Crippen molar-refractivity contribution in [2.24, 2.45) is 5.92 Å². The number of carboxylic acids is 2. The van der Waals surface area contributed by atoms with Gasteiger partial charge in [0.1, 0.15) is 5.75 Å². The van der Waals surface area contributed by atoms with Crippen molar-refractivity contribution in [2.75, 3.05) is 0 Å². The average Bonchev–Trinajstić information content (AvgIpc) is 2.24. The van der Waals surface area contributed by atoms with Crippen LogP contribution in [0, 0.1) is 5.92 Å². The van der Waals surface area contributed by atoms with Gasteiger partial charge < -0.3 is 15.3 Å². The van der Waals surface area contributed by atoms with Crippen LogP contribution in [-0.4, -0.2) is 27.3 Å². The molecule has 0 amide bonds. The topological polar surface area (TPSA) is 94.8 Å². The van der Waals surface area contributed by atoms with Crippen LogP contribution in [0.25, 0.3) is 0 Å². The molecule has 0 aromatic heterocycles.